The van der Waals surface area contributed by atoms with Crippen LogP contribution in [0.1, 0.15) is 26.7 Å². The van der Waals surface area contributed by atoms with Crippen LogP contribution in [0.5, 0.6) is 0 Å². The number of β-lactam (4-membered cyclic amide) rings is 1. The fourth-order valence-electron chi connectivity index (χ4n) is 2.57. The number of carbonyl (C=O) groups excluding carboxylic acids is 1. The van der Waals surface area contributed by atoms with Crippen molar-refractivity contribution >= 4 is 21.7 Å². The molecule has 1 rings (SSSR count). The zero-order valence-corrected chi connectivity index (χ0v) is 11.0. The fraction of sp³-hybridized carbons (Fsp3) is 0.800. The third kappa shape index (κ3) is 2.03. The van der Waals surface area contributed by atoms with E-state index in [1.54, 1.807) is 13.8 Å². The van der Waals surface area contributed by atoms with Gasteiger partial charge in [-0.2, -0.15) is 0 Å². The Labute approximate surface area is 101 Å². The van der Waals surface area contributed by atoms with Crippen LogP contribution in [0.2, 0.25) is 0 Å². The first kappa shape index (κ1) is 14.0. The lowest BCUT2D eigenvalue weighted by molar-refractivity contribution is -0.170. The van der Waals surface area contributed by atoms with E-state index in [1.807, 2.05) is 0 Å². The van der Waals surface area contributed by atoms with Crippen LogP contribution in [0, 0.1) is 5.41 Å². The maximum absolute atomic E-state index is 11.9. The fourth-order valence-corrected chi connectivity index (χ4v) is 4.46. The van der Waals surface area contributed by atoms with Crippen LogP contribution in [0.25, 0.3) is 0 Å². The summed E-state index contributed by atoms with van der Waals surface area (Å²) in [6.07, 6.45) is 1.84. The lowest BCUT2D eigenvalue weighted by atomic mass is 9.73. The summed E-state index contributed by atoms with van der Waals surface area (Å²) in [7, 11) is -3.48. The minimum absolute atomic E-state index is 0.375. The molecule has 0 saturated carbocycles. The molecule has 1 N–H and O–H groups in total. The number of sulfone groups is 1. The molecule has 0 aromatic carbocycles. The van der Waals surface area contributed by atoms with Crippen molar-refractivity contribution in [2.45, 2.75) is 32.1 Å². The predicted octanol–water partition coefficient (Wildman–Crippen LogP) is 0.0903. The second kappa shape index (κ2) is 4.29. The van der Waals surface area contributed by atoms with Gasteiger partial charge in [0.15, 0.2) is 9.84 Å². The number of amides is 1. The predicted molar refractivity (Wildman–Crippen MR) is 61.0 cm³/mol. The number of aliphatic carboxylic acids is 1. The van der Waals surface area contributed by atoms with Crippen molar-refractivity contribution in [3.8, 4) is 0 Å². The second-order valence-electron chi connectivity index (χ2n) is 4.37. The summed E-state index contributed by atoms with van der Waals surface area (Å²) in [5.74, 6) is -1.58. The third-order valence-corrected chi connectivity index (χ3v) is 4.93. The maximum atomic E-state index is 11.9. The van der Waals surface area contributed by atoms with Gasteiger partial charge in [-0.15, -0.1) is 0 Å². The van der Waals surface area contributed by atoms with Crippen molar-refractivity contribution < 1.29 is 23.1 Å². The average molecular weight is 263 g/mol. The molecule has 17 heavy (non-hydrogen) atoms. The smallest absolute Gasteiger partial charge is 0.323 e. The van der Waals surface area contributed by atoms with Crippen LogP contribution in [0.4, 0.5) is 0 Å². The Balaban J connectivity index is 3.14. The Morgan fingerprint density at radius 2 is 1.88 bits per heavy atom. The first-order chi connectivity index (χ1) is 7.70. The van der Waals surface area contributed by atoms with Gasteiger partial charge in [0.25, 0.3) is 0 Å². The number of carbonyl (C=O) groups is 2. The summed E-state index contributed by atoms with van der Waals surface area (Å²) in [5, 5.41) is 7.67. The molecule has 1 saturated heterocycles. The van der Waals surface area contributed by atoms with E-state index in [0.717, 1.165) is 11.2 Å². The Morgan fingerprint density at radius 1 is 1.41 bits per heavy atom. The van der Waals surface area contributed by atoms with Crippen LogP contribution >= 0.6 is 0 Å². The van der Waals surface area contributed by atoms with E-state index in [2.05, 4.69) is 0 Å². The summed E-state index contributed by atoms with van der Waals surface area (Å²) in [6.45, 7) is 2.94. The van der Waals surface area contributed by atoms with Crippen molar-refractivity contribution in [2.75, 3.05) is 12.8 Å². The Kier molecular flexibility index (Phi) is 3.52. The van der Waals surface area contributed by atoms with Gasteiger partial charge in [-0.25, -0.2) is 8.42 Å². The largest absolute Gasteiger partial charge is 0.480 e. The molecule has 1 atom stereocenters. The van der Waals surface area contributed by atoms with E-state index in [1.165, 1.54) is 0 Å². The highest BCUT2D eigenvalue weighted by atomic mass is 32.2. The molecule has 1 amide bonds. The lowest BCUT2D eigenvalue weighted by Crippen LogP contribution is -2.71. The number of nitrogens with zero attached hydrogens (tertiary/aromatic N) is 1. The van der Waals surface area contributed by atoms with Crippen LogP contribution in [-0.2, 0) is 19.4 Å². The number of hydrogen-bond donors (Lipinski definition) is 1. The van der Waals surface area contributed by atoms with Gasteiger partial charge in [0.2, 0.25) is 5.91 Å². The monoisotopic (exact) mass is 263 g/mol. The topological polar surface area (TPSA) is 91.8 Å². The molecule has 1 aliphatic heterocycles. The van der Waals surface area contributed by atoms with Gasteiger partial charge in [-0.3, -0.25) is 9.59 Å². The van der Waals surface area contributed by atoms with Gasteiger partial charge in [0.05, 0.1) is 5.41 Å². The summed E-state index contributed by atoms with van der Waals surface area (Å²) >= 11 is 0. The first-order valence-corrected chi connectivity index (χ1v) is 7.38. The summed E-state index contributed by atoms with van der Waals surface area (Å²) < 4.78 is 23.4. The molecule has 0 bridgehead atoms. The van der Waals surface area contributed by atoms with E-state index in [9.17, 15) is 18.0 Å². The van der Waals surface area contributed by atoms with E-state index in [0.29, 0.717) is 12.8 Å². The van der Waals surface area contributed by atoms with Gasteiger partial charge in [-0.1, -0.05) is 13.8 Å². The van der Waals surface area contributed by atoms with Crippen LogP contribution in [0.3, 0.4) is 0 Å². The highest BCUT2D eigenvalue weighted by Gasteiger charge is 2.62. The summed E-state index contributed by atoms with van der Waals surface area (Å²) in [5.41, 5.74) is -0.941. The molecular formula is C10H17NO5S. The van der Waals surface area contributed by atoms with E-state index < -0.39 is 33.1 Å². The Morgan fingerprint density at radius 3 is 2.18 bits per heavy atom. The number of rotatable bonds is 5. The van der Waals surface area contributed by atoms with Gasteiger partial charge in [-0.05, 0) is 12.8 Å². The number of carboxylic acids is 1. The first-order valence-electron chi connectivity index (χ1n) is 5.42. The minimum atomic E-state index is -3.48. The molecule has 7 heteroatoms. The van der Waals surface area contributed by atoms with Crippen LogP contribution < -0.4 is 0 Å². The third-order valence-electron chi connectivity index (χ3n) is 3.42. The Hall–Kier alpha value is -1.11. The molecule has 1 heterocycles. The van der Waals surface area contributed by atoms with E-state index >= 15 is 0 Å². The van der Waals surface area contributed by atoms with Crippen molar-refractivity contribution in [3.63, 3.8) is 0 Å². The molecule has 0 aliphatic carbocycles. The number of hydrogen-bond acceptors (Lipinski definition) is 4. The molecular weight excluding hydrogens is 246 g/mol. The number of carboxylic acid groups (broad SMARTS) is 1. The van der Waals surface area contributed by atoms with Gasteiger partial charge in [0, 0.05) is 6.26 Å². The zero-order valence-electron chi connectivity index (χ0n) is 10.1. The number of likely N-dealkylation sites (tertiary alicyclic amines) is 1. The molecule has 0 radical (unpaired) electrons. The molecule has 98 valence electrons. The van der Waals surface area contributed by atoms with E-state index in [-0.39, 0.29) is 5.91 Å². The standard InChI is InChI=1S/C10H17NO5S/c1-4-10(5-2)8(14)11(6-7(12)13)9(10)17(3,15)16/h9H,4-6H2,1-3H3,(H,12,13). The van der Waals surface area contributed by atoms with Crippen molar-refractivity contribution in [1.82, 2.24) is 4.90 Å². The second-order valence-corrected chi connectivity index (χ2v) is 6.48. The molecule has 1 aliphatic rings. The molecule has 1 unspecified atom stereocenters. The molecule has 0 aromatic rings. The lowest BCUT2D eigenvalue weighted by Gasteiger charge is -2.53. The SMILES string of the molecule is CCC1(CC)C(=O)N(CC(=O)O)C1S(C)(=O)=O. The normalized spacial score (nSPS) is 23.4. The Bertz CT molecular complexity index is 438. The van der Waals surface area contributed by atoms with Crippen molar-refractivity contribution in [1.29, 1.82) is 0 Å². The zero-order chi connectivity index (χ0) is 13.4. The summed E-state index contributed by atoms with van der Waals surface area (Å²) in [4.78, 5) is 23.5. The van der Waals surface area contributed by atoms with Crippen LogP contribution in [0.15, 0.2) is 0 Å². The molecule has 0 spiro atoms. The molecule has 6 nitrogen and oxygen atoms in total. The summed E-state index contributed by atoms with van der Waals surface area (Å²) in [6, 6.07) is 0. The van der Waals surface area contributed by atoms with Crippen molar-refractivity contribution in [3.05, 3.63) is 0 Å². The van der Waals surface area contributed by atoms with Crippen molar-refractivity contribution in [2.24, 2.45) is 5.41 Å². The van der Waals surface area contributed by atoms with Gasteiger partial charge in [0.1, 0.15) is 11.9 Å². The van der Waals surface area contributed by atoms with Gasteiger partial charge < -0.3 is 10.0 Å². The highest BCUT2D eigenvalue weighted by Crippen LogP contribution is 2.47. The quantitative estimate of drug-likeness (QED) is 0.710. The molecule has 1 fully saturated rings. The molecule has 0 aromatic heterocycles. The maximum Gasteiger partial charge on any atom is 0.323 e. The average Bonchev–Trinajstić information content (AvgIpc) is 2.20. The highest BCUT2D eigenvalue weighted by molar-refractivity contribution is 7.91. The van der Waals surface area contributed by atoms with E-state index in [4.69, 9.17) is 5.11 Å². The van der Waals surface area contributed by atoms with Crippen LogP contribution in [-0.4, -0.2) is 48.5 Å². The van der Waals surface area contributed by atoms with Gasteiger partial charge >= 0.3 is 5.97 Å². The minimum Gasteiger partial charge on any atom is -0.480 e.